The summed E-state index contributed by atoms with van der Waals surface area (Å²) in [6.07, 6.45) is 3.67. The Hall–Kier alpha value is -2.30. The van der Waals surface area contributed by atoms with Gasteiger partial charge in [-0.15, -0.1) is 0 Å². The zero-order valence-electron chi connectivity index (χ0n) is 11.2. The van der Waals surface area contributed by atoms with Gasteiger partial charge in [-0.25, -0.2) is 0 Å². The topological polar surface area (TPSA) is 76.6 Å². The summed E-state index contributed by atoms with van der Waals surface area (Å²) < 4.78 is 1.88. The molecule has 5 heteroatoms. The molecule has 0 bridgehead atoms. The second-order valence-corrected chi connectivity index (χ2v) is 5.21. The summed E-state index contributed by atoms with van der Waals surface area (Å²) >= 11 is 0. The first-order chi connectivity index (χ1) is 8.79. The molecule has 2 heterocycles. The molecule has 5 nitrogen and oxygen atoms in total. The number of primary amides is 1. The van der Waals surface area contributed by atoms with E-state index < -0.39 is 11.4 Å². The lowest BCUT2D eigenvalue weighted by atomic mass is 10.0. The average molecular weight is 259 g/mol. The smallest absolute Gasteiger partial charge is 0.253 e. The molecule has 0 aliphatic rings. The van der Waals surface area contributed by atoms with Crippen molar-refractivity contribution >= 4 is 17.3 Å². The number of aromatic nitrogens is 1. The highest BCUT2D eigenvalue weighted by atomic mass is 16.2. The average Bonchev–Trinajstić information content (AvgIpc) is 2.66. The van der Waals surface area contributed by atoms with Crippen molar-refractivity contribution in [3.63, 3.8) is 0 Å². The lowest BCUT2D eigenvalue weighted by molar-refractivity contribution is -0.122. The quantitative estimate of drug-likeness (QED) is 0.870. The van der Waals surface area contributed by atoms with Gasteiger partial charge in [-0.05, 0) is 44.5 Å². The monoisotopic (exact) mass is 259 g/mol. The fourth-order valence-corrected chi connectivity index (χ4v) is 1.80. The highest BCUT2D eigenvalue weighted by Crippen LogP contribution is 2.12. The third-order valence-corrected chi connectivity index (χ3v) is 3.03. The minimum atomic E-state index is -1.07. The summed E-state index contributed by atoms with van der Waals surface area (Å²) in [5.74, 6) is -0.893. The van der Waals surface area contributed by atoms with Crippen LogP contribution >= 0.6 is 0 Å². The van der Waals surface area contributed by atoms with Crippen LogP contribution in [0.5, 0.6) is 0 Å². The summed E-state index contributed by atoms with van der Waals surface area (Å²) in [5, 5.41) is 2.62. The van der Waals surface area contributed by atoms with Crippen LogP contribution in [0.4, 0.5) is 0 Å². The molecular formula is C14H17N3O2. The Morgan fingerprint density at radius 1 is 1.26 bits per heavy atom. The number of amides is 2. The number of aryl methyl sites for hydroxylation is 1. The molecule has 2 rings (SSSR count). The number of carbonyl (C=O) groups is 2. The summed E-state index contributed by atoms with van der Waals surface area (Å²) in [7, 11) is 0. The van der Waals surface area contributed by atoms with Crippen LogP contribution in [0.2, 0.25) is 0 Å². The highest BCUT2D eigenvalue weighted by Gasteiger charge is 2.27. The van der Waals surface area contributed by atoms with E-state index in [1.807, 2.05) is 29.7 Å². The molecule has 0 unspecified atom stereocenters. The predicted octanol–water partition coefficient (Wildman–Crippen LogP) is 1.24. The molecule has 0 spiro atoms. The van der Waals surface area contributed by atoms with E-state index in [1.54, 1.807) is 26.1 Å². The Balaban J connectivity index is 2.29. The lowest BCUT2D eigenvalue weighted by Gasteiger charge is -2.22. The third-order valence-electron chi connectivity index (χ3n) is 3.03. The van der Waals surface area contributed by atoms with Crippen LogP contribution in [0, 0.1) is 6.92 Å². The van der Waals surface area contributed by atoms with E-state index in [0.29, 0.717) is 5.56 Å². The van der Waals surface area contributed by atoms with E-state index >= 15 is 0 Å². The van der Waals surface area contributed by atoms with Crippen LogP contribution in [-0.2, 0) is 4.79 Å². The van der Waals surface area contributed by atoms with Crippen molar-refractivity contribution in [3.05, 3.63) is 41.7 Å². The Kier molecular flexibility index (Phi) is 3.06. The van der Waals surface area contributed by atoms with Crippen LogP contribution in [-0.4, -0.2) is 21.8 Å². The third kappa shape index (κ3) is 2.59. The van der Waals surface area contributed by atoms with Gasteiger partial charge in [0.25, 0.3) is 5.91 Å². The van der Waals surface area contributed by atoms with Gasteiger partial charge in [-0.1, -0.05) is 0 Å². The Morgan fingerprint density at radius 3 is 2.58 bits per heavy atom. The van der Waals surface area contributed by atoms with Gasteiger partial charge in [0.2, 0.25) is 5.91 Å². The van der Waals surface area contributed by atoms with Gasteiger partial charge in [0.05, 0.1) is 5.56 Å². The van der Waals surface area contributed by atoms with Gasteiger partial charge >= 0.3 is 0 Å². The maximum atomic E-state index is 12.1. The zero-order valence-corrected chi connectivity index (χ0v) is 11.2. The van der Waals surface area contributed by atoms with Crippen molar-refractivity contribution in [1.82, 2.24) is 9.72 Å². The van der Waals surface area contributed by atoms with Gasteiger partial charge in [0, 0.05) is 17.9 Å². The summed E-state index contributed by atoms with van der Waals surface area (Å²) in [6.45, 7) is 5.14. The van der Waals surface area contributed by atoms with Crippen molar-refractivity contribution < 1.29 is 9.59 Å². The Labute approximate surface area is 111 Å². The largest absolute Gasteiger partial charge is 0.368 e. The molecule has 0 aliphatic heterocycles. The number of pyridine rings is 1. The number of nitrogens with zero attached hydrogens (tertiary/aromatic N) is 1. The molecule has 0 saturated carbocycles. The molecule has 0 aliphatic carbocycles. The van der Waals surface area contributed by atoms with Crippen molar-refractivity contribution in [1.29, 1.82) is 0 Å². The highest BCUT2D eigenvalue weighted by molar-refractivity contribution is 5.98. The molecule has 2 amide bonds. The van der Waals surface area contributed by atoms with Crippen LogP contribution in [0.25, 0.3) is 5.52 Å². The number of carbonyl (C=O) groups excluding carboxylic acids is 2. The molecular weight excluding hydrogens is 242 g/mol. The first-order valence-corrected chi connectivity index (χ1v) is 6.00. The van der Waals surface area contributed by atoms with Crippen LogP contribution in [0.1, 0.15) is 29.8 Å². The molecule has 100 valence electrons. The maximum absolute atomic E-state index is 12.1. The Morgan fingerprint density at radius 2 is 1.95 bits per heavy atom. The normalized spacial score (nSPS) is 11.5. The van der Waals surface area contributed by atoms with Gasteiger partial charge in [-0.3, -0.25) is 9.59 Å². The molecule has 0 radical (unpaired) electrons. The van der Waals surface area contributed by atoms with Crippen molar-refractivity contribution in [2.24, 2.45) is 5.73 Å². The standard InChI is InChI=1S/C14H17N3O2/c1-9-6-11-5-4-10(8-17(11)7-9)12(18)16-14(2,3)13(15)19/h4-8H,1-3H3,(H2,15,19)(H,16,18). The number of rotatable bonds is 3. The van der Waals surface area contributed by atoms with E-state index in [-0.39, 0.29) is 5.91 Å². The first-order valence-electron chi connectivity index (χ1n) is 6.00. The molecule has 0 atom stereocenters. The number of hydrogen-bond donors (Lipinski definition) is 2. The van der Waals surface area contributed by atoms with E-state index in [9.17, 15) is 9.59 Å². The van der Waals surface area contributed by atoms with Gasteiger partial charge in [0.1, 0.15) is 5.54 Å². The zero-order chi connectivity index (χ0) is 14.2. The van der Waals surface area contributed by atoms with Crippen LogP contribution in [0.3, 0.4) is 0 Å². The molecule has 0 saturated heterocycles. The number of nitrogens with one attached hydrogen (secondary N) is 1. The fourth-order valence-electron chi connectivity index (χ4n) is 1.80. The maximum Gasteiger partial charge on any atom is 0.253 e. The van der Waals surface area contributed by atoms with Gasteiger partial charge in [-0.2, -0.15) is 0 Å². The second kappa shape index (κ2) is 4.42. The fraction of sp³-hybridized carbons (Fsp3) is 0.286. The van der Waals surface area contributed by atoms with Gasteiger partial charge < -0.3 is 15.5 Å². The number of fused-ring (bicyclic) bond motifs is 1. The SMILES string of the molecule is Cc1cc2ccc(C(=O)NC(C)(C)C(N)=O)cn2c1. The molecule has 0 fully saturated rings. The molecule has 19 heavy (non-hydrogen) atoms. The minimum absolute atomic E-state index is 0.322. The summed E-state index contributed by atoms with van der Waals surface area (Å²) in [6, 6.07) is 5.61. The lowest BCUT2D eigenvalue weighted by Crippen LogP contribution is -2.53. The van der Waals surface area contributed by atoms with E-state index in [2.05, 4.69) is 5.32 Å². The molecule has 2 aromatic rings. The molecule has 0 aromatic carbocycles. The first kappa shape index (κ1) is 13.1. The van der Waals surface area contributed by atoms with E-state index in [4.69, 9.17) is 5.73 Å². The molecule has 3 N–H and O–H groups in total. The number of hydrogen-bond acceptors (Lipinski definition) is 2. The number of nitrogens with two attached hydrogens (primary N) is 1. The van der Waals surface area contributed by atoms with E-state index in [1.165, 1.54) is 0 Å². The Bertz CT molecular complexity index is 656. The van der Waals surface area contributed by atoms with Crippen molar-refractivity contribution in [2.45, 2.75) is 26.3 Å². The minimum Gasteiger partial charge on any atom is -0.368 e. The predicted molar refractivity (Wildman–Crippen MR) is 72.9 cm³/mol. The van der Waals surface area contributed by atoms with Crippen molar-refractivity contribution in [3.8, 4) is 0 Å². The van der Waals surface area contributed by atoms with Crippen LogP contribution < -0.4 is 11.1 Å². The second-order valence-electron chi connectivity index (χ2n) is 5.21. The summed E-state index contributed by atoms with van der Waals surface area (Å²) in [5.41, 5.74) is 6.78. The van der Waals surface area contributed by atoms with Crippen molar-refractivity contribution in [2.75, 3.05) is 0 Å². The summed E-state index contributed by atoms with van der Waals surface area (Å²) in [4.78, 5) is 23.3. The van der Waals surface area contributed by atoms with Crippen LogP contribution in [0.15, 0.2) is 30.6 Å². The molecule has 2 aromatic heterocycles. The van der Waals surface area contributed by atoms with E-state index in [0.717, 1.165) is 11.1 Å². The van der Waals surface area contributed by atoms with Gasteiger partial charge in [0.15, 0.2) is 0 Å².